The van der Waals surface area contributed by atoms with Gasteiger partial charge in [0.2, 0.25) is 6.10 Å². The second-order valence-corrected chi connectivity index (χ2v) is 39.5. The maximum absolute atomic E-state index is 12.6. The summed E-state index contributed by atoms with van der Waals surface area (Å²) in [4.78, 5) is 72.0. The molecule has 1 aliphatic heterocycles. The minimum Gasteiger partial charge on any atom is -0.743 e. The molecular formula is C92H126F2O20S2. The highest BCUT2D eigenvalue weighted by Crippen LogP contribution is 2.61. The molecule has 0 radical (unpaired) electrons. The predicted molar refractivity (Wildman–Crippen MR) is 443 cm³/mol. The molecule has 20 nitrogen and oxygen atoms in total. The Morgan fingerprint density at radius 2 is 1.03 bits per heavy atom. The summed E-state index contributed by atoms with van der Waals surface area (Å²) in [7, 11) is -2.62. The molecule has 4 unspecified atom stereocenters. The van der Waals surface area contributed by atoms with Gasteiger partial charge in [0.1, 0.15) is 47.8 Å². The number of carbonyl (C=O) groups is 6. The Labute approximate surface area is 688 Å². The number of alkyl halides is 2. The number of aliphatic hydroxyl groups is 2. The van der Waals surface area contributed by atoms with Gasteiger partial charge in [-0.2, -0.15) is 8.78 Å². The van der Waals surface area contributed by atoms with Crippen LogP contribution in [0.4, 0.5) is 8.78 Å². The minimum absolute atomic E-state index is 0.0185. The summed E-state index contributed by atoms with van der Waals surface area (Å²) >= 11 is 0. The second kappa shape index (κ2) is 38.5. The van der Waals surface area contributed by atoms with Crippen molar-refractivity contribution in [2.24, 2.45) is 62.6 Å². The van der Waals surface area contributed by atoms with Crippen molar-refractivity contribution in [1.29, 1.82) is 0 Å². The summed E-state index contributed by atoms with van der Waals surface area (Å²) in [5, 5.41) is 19.6. The van der Waals surface area contributed by atoms with Gasteiger partial charge in [-0.1, -0.05) is 89.2 Å². The average molecular weight is 1650 g/mol. The maximum atomic E-state index is 12.6. The Morgan fingerprint density at radius 1 is 0.569 bits per heavy atom. The van der Waals surface area contributed by atoms with Gasteiger partial charge in [0.15, 0.2) is 31.0 Å². The summed E-state index contributed by atoms with van der Waals surface area (Å²) in [5.74, 6) is 4.04. The molecule has 0 spiro atoms. The molecule has 1 aromatic heterocycles. The Bertz CT molecular complexity index is 4350. The topological polar surface area (TPSA) is 283 Å². The van der Waals surface area contributed by atoms with Gasteiger partial charge in [-0.15, -0.1) is 0 Å². The van der Waals surface area contributed by atoms with Gasteiger partial charge < -0.3 is 57.4 Å². The van der Waals surface area contributed by atoms with E-state index in [4.69, 9.17) is 37.9 Å². The molecule has 9 aliphatic rings. The van der Waals surface area contributed by atoms with Crippen molar-refractivity contribution in [3.8, 4) is 22.1 Å². The van der Waals surface area contributed by atoms with Crippen LogP contribution < -0.4 is 14.2 Å². The minimum atomic E-state index is -5.81. The molecule has 8 aliphatic carbocycles. The molecule has 15 rings (SSSR count). The smallest absolute Gasteiger partial charge is 0.367 e. The fraction of sp³-hybridized carbons (Fsp3) is 0.609. The van der Waals surface area contributed by atoms with E-state index in [1.165, 1.54) is 77.4 Å². The predicted octanol–water partition coefficient (Wildman–Crippen LogP) is 19.5. The van der Waals surface area contributed by atoms with E-state index in [1.54, 1.807) is 77.5 Å². The lowest BCUT2D eigenvalue weighted by Crippen LogP contribution is -2.61. The van der Waals surface area contributed by atoms with E-state index < -0.39 is 73.4 Å². The molecule has 24 heteroatoms. The number of benzene rings is 5. The van der Waals surface area contributed by atoms with E-state index in [0.717, 1.165) is 56.8 Å². The third-order valence-electron chi connectivity index (χ3n) is 25.4. The van der Waals surface area contributed by atoms with Crippen LogP contribution in [-0.2, 0) is 67.3 Å². The standard InChI is InChI=1S/C23H30O6.C18H13S.C17H28O2.C16H26O3.C10H16O4.C8H14F2O5S/c1-6-23(2,3)22(25)29-14-13-28-17-9-7-16(8-10-17)21(24)19-12-11-18(26-4)15-20(19)27-5;1-2-8-14(9-3-1)19-17-12-6-4-10-15(17)16-11-5-7-13-18(16)19;1-5-16(2,3)15(18)19-17(4)13-7-11-6-12(9-13)10-14(17)8-11;1-4-14(2,3)13(17)19-16-8-11-5-12(9-16)7-15(18,6-11)10-16;1-4-10(2,3)9(12)14-7-5-6-13-8(7)11;1-4-7(2,3)6(11)15-5-8(9,10)16(12,13)14/h7-12,15,21,24H,6,13-14H2,1-5H3;1-13H;11-14H,5-10H2,1-4H3;11-12,18H,4-10H2,1-3H3;7H,4-6H2,1-3H3;4-5H2,1-3H3,(H,12,13,14)/q;+1;;;;/p-1. The van der Waals surface area contributed by atoms with Crippen molar-refractivity contribution >= 4 is 76.6 Å². The first-order chi connectivity index (χ1) is 54.3. The van der Waals surface area contributed by atoms with Crippen LogP contribution in [0.5, 0.6) is 17.2 Å². The molecule has 640 valence electrons. The van der Waals surface area contributed by atoms with Crippen LogP contribution in [-0.4, -0.2) is 128 Å². The largest absolute Gasteiger partial charge is 0.743 e. The molecule has 2 N–H and O–H groups in total. The van der Waals surface area contributed by atoms with Gasteiger partial charge in [0.05, 0.1) is 53.5 Å². The number of ether oxygens (including phenoxy) is 9. The molecule has 0 amide bonds. The fourth-order valence-corrected chi connectivity index (χ4v) is 18.9. The SMILES string of the molecule is CCC(C)(C)C(=O)OC1(C)C2CC3CC(C2)CC1C3.CCC(C)(C)C(=O)OC12CC3CC(CC(O)(C3)C1)C2.CCC(C)(C)C(=O)OC1CCOC1=O.CCC(C)(C)C(=O)OCC(F)(F)S(=O)(=O)[O-].CCC(C)(C)C(=O)OCCOc1ccc(C(O)c2ccc(OC)cc2OC)cc1.c1ccc(-[s+]2c3ccccc3c3ccccc32)cc1. The molecule has 116 heavy (non-hydrogen) atoms. The molecule has 9 fully saturated rings. The van der Waals surface area contributed by atoms with Crippen molar-refractivity contribution in [3.05, 3.63) is 132 Å². The number of hydrogen-bond donors (Lipinski definition) is 2. The van der Waals surface area contributed by atoms with E-state index in [1.807, 2.05) is 62.3 Å². The summed E-state index contributed by atoms with van der Waals surface area (Å²) in [6.45, 7) is 29.0. The van der Waals surface area contributed by atoms with Crippen molar-refractivity contribution in [2.75, 3.05) is 40.6 Å². The number of thiophene rings is 1. The van der Waals surface area contributed by atoms with Crippen LogP contribution >= 0.6 is 10.5 Å². The Kier molecular flexibility index (Phi) is 31.1. The number of halogens is 2. The third-order valence-corrected chi connectivity index (χ3v) is 28.6. The number of cyclic esters (lactones) is 1. The average Bonchev–Trinajstić information content (AvgIpc) is 0.996. The molecule has 5 aromatic carbocycles. The highest BCUT2D eigenvalue weighted by atomic mass is 32.2. The molecular weight excluding hydrogens is 1530 g/mol. The second-order valence-electron chi connectivity index (χ2n) is 36.0. The third kappa shape index (κ3) is 23.0. The van der Waals surface area contributed by atoms with E-state index >= 15 is 0 Å². The van der Waals surface area contributed by atoms with Crippen LogP contribution in [0.3, 0.4) is 0 Å². The number of hydrogen-bond acceptors (Lipinski definition) is 20. The van der Waals surface area contributed by atoms with E-state index in [2.05, 4.69) is 97.4 Å². The summed E-state index contributed by atoms with van der Waals surface area (Å²) in [6, 6.07) is 40.8. The number of methoxy groups -OCH3 is 2. The quantitative estimate of drug-likeness (QED) is 0.0177. The maximum Gasteiger partial charge on any atom is 0.367 e. The number of aliphatic hydroxyl groups excluding tert-OH is 1. The zero-order chi connectivity index (χ0) is 85.8. The molecule has 8 bridgehead atoms. The zero-order valence-corrected chi connectivity index (χ0v) is 73.0. The van der Waals surface area contributed by atoms with Gasteiger partial charge in [-0.25, -0.2) is 13.2 Å². The van der Waals surface area contributed by atoms with Gasteiger partial charge in [-0.05, 0) is 274 Å². The van der Waals surface area contributed by atoms with Crippen LogP contribution in [0, 0.1) is 62.6 Å². The van der Waals surface area contributed by atoms with E-state index in [9.17, 15) is 60.7 Å². The van der Waals surface area contributed by atoms with Crippen molar-refractivity contribution in [3.63, 3.8) is 0 Å². The summed E-state index contributed by atoms with van der Waals surface area (Å²) in [5.41, 5.74) is -2.49. The zero-order valence-electron chi connectivity index (χ0n) is 71.3. The highest BCUT2D eigenvalue weighted by Gasteiger charge is 2.60. The first kappa shape index (κ1) is 93.7. The lowest BCUT2D eigenvalue weighted by Gasteiger charge is -2.59. The lowest BCUT2D eigenvalue weighted by atomic mass is 9.50. The molecule has 6 aromatic rings. The van der Waals surface area contributed by atoms with Crippen molar-refractivity contribution < 1.29 is 103 Å². The summed E-state index contributed by atoms with van der Waals surface area (Å²) < 4.78 is 106. The first-order valence-corrected chi connectivity index (χ1v) is 43.8. The van der Waals surface area contributed by atoms with Crippen LogP contribution in [0.1, 0.15) is 237 Å². The fourth-order valence-electron chi connectivity index (χ4n) is 16.3. The number of rotatable bonds is 25. The van der Waals surface area contributed by atoms with Gasteiger partial charge in [-0.3, -0.25) is 24.0 Å². The molecule has 1 saturated heterocycles. The molecule has 8 saturated carbocycles. The van der Waals surface area contributed by atoms with Crippen LogP contribution in [0.2, 0.25) is 0 Å². The van der Waals surface area contributed by atoms with Crippen LogP contribution in [0.15, 0.2) is 121 Å². The van der Waals surface area contributed by atoms with E-state index in [-0.39, 0.29) is 64.2 Å². The van der Waals surface area contributed by atoms with E-state index in [0.29, 0.717) is 84.3 Å². The van der Waals surface area contributed by atoms with Crippen LogP contribution in [0.25, 0.3) is 25.1 Å². The number of carbonyl (C=O) groups excluding carboxylic acids is 6. The highest BCUT2D eigenvalue weighted by molar-refractivity contribution is 7.86. The lowest BCUT2D eigenvalue weighted by molar-refractivity contribution is -0.225. The van der Waals surface area contributed by atoms with Gasteiger partial charge >= 0.3 is 41.1 Å². The van der Waals surface area contributed by atoms with Gasteiger partial charge in [0.25, 0.3) is 0 Å². The number of esters is 6. The Balaban J connectivity index is 0.000000177. The van der Waals surface area contributed by atoms with Gasteiger partial charge in [0, 0.05) is 45.7 Å². The Morgan fingerprint density at radius 3 is 1.49 bits per heavy atom. The Hall–Kier alpha value is -7.77. The molecule has 4 atom stereocenters. The monoisotopic (exact) mass is 1650 g/mol. The summed E-state index contributed by atoms with van der Waals surface area (Å²) in [6.07, 6.45) is 14.6. The van der Waals surface area contributed by atoms with Crippen molar-refractivity contribution in [2.45, 2.75) is 254 Å². The number of fused-ring (bicyclic) bond motifs is 3. The van der Waals surface area contributed by atoms with Crippen molar-refractivity contribution in [1.82, 2.24) is 0 Å². The molecule has 2 heterocycles. The normalized spacial score (nSPS) is 24.0. The first-order valence-electron chi connectivity index (χ1n) is 41.1.